The Labute approximate surface area is 196 Å². The number of halogens is 1. The molecular formula is C19H26ClN7O5S. The highest BCUT2D eigenvalue weighted by atomic mass is 35.5. The Morgan fingerprint density at radius 3 is 2.82 bits per heavy atom. The first-order chi connectivity index (χ1) is 15.9. The van der Waals surface area contributed by atoms with Gasteiger partial charge in [0, 0.05) is 31.8 Å². The van der Waals surface area contributed by atoms with E-state index in [0.29, 0.717) is 49.6 Å². The van der Waals surface area contributed by atoms with E-state index in [1.165, 1.54) is 6.20 Å². The highest BCUT2D eigenvalue weighted by Gasteiger charge is 2.49. The molecule has 0 aliphatic carbocycles. The van der Waals surface area contributed by atoms with Crippen LogP contribution in [0.2, 0.25) is 5.02 Å². The third-order valence-corrected chi connectivity index (χ3v) is 7.73. The number of anilines is 3. The number of fused-ring (bicyclic) bond motifs is 1. The number of aromatic nitrogens is 4. The molecule has 0 bridgehead atoms. The normalized spacial score (nSPS) is 29.3. The van der Waals surface area contributed by atoms with Crippen molar-refractivity contribution in [3.05, 3.63) is 23.6 Å². The molecule has 2 aromatic heterocycles. The second-order valence-electron chi connectivity index (χ2n) is 8.48. The predicted octanol–water partition coefficient (Wildman–Crippen LogP) is 0.510. The van der Waals surface area contributed by atoms with E-state index < -0.39 is 10.0 Å². The fraction of sp³-hybridized carbons (Fsp3) is 0.632. The third-order valence-electron chi connectivity index (χ3n) is 5.89. The molecule has 0 aromatic carbocycles. The van der Waals surface area contributed by atoms with Crippen molar-refractivity contribution in [2.75, 3.05) is 42.8 Å². The lowest BCUT2D eigenvalue weighted by atomic mass is 10.0. The molecule has 3 fully saturated rings. The van der Waals surface area contributed by atoms with E-state index in [0.717, 1.165) is 5.69 Å². The summed E-state index contributed by atoms with van der Waals surface area (Å²) >= 11 is 6.31. The van der Waals surface area contributed by atoms with Crippen LogP contribution in [-0.2, 0) is 31.3 Å². The number of nitrogens with one attached hydrogen (secondary N) is 3. The van der Waals surface area contributed by atoms with E-state index in [-0.39, 0.29) is 36.0 Å². The molecule has 3 unspecified atom stereocenters. The van der Waals surface area contributed by atoms with E-state index in [1.807, 2.05) is 7.05 Å². The molecule has 14 heteroatoms. The van der Waals surface area contributed by atoms with Crippen molar-refractivity contribution >= 4 is 39.1 Å². The van der Waals surface area contributed by atoms with E-state index in [2.05, 4.69) is 30.4 Å². The van der Waals surface area contributed by atoms with Crippen molar-refractivity contribution in [2.45, 2.75) is 30.7 Å². The van der Waals surface area contributed by atoms with Crippen LogP contribution in [-0.4, -0.2) is 84.6 Å². The standard InChI is InChI=1S/C19H26ClN7O5S/c1-27-6-13(4-22-27)23-19-21-5-14(20)18(25-19)24-15-9-32-16-11(7-31-17(15)16)10-33(28,29)26-12-2-3-30-8-12/h4-6,11-12,15-17,26H,2-3,7-10H2,1H3,(H2,21,23,24,25)/t11-,12?,15-,16?,17?/m1/s1. The summed E-state index contributed by atoms with van der Waals surface area (Å²) in [7, 11) is -1.65. The summed E-state index contributed by atoms with van der Waals surface area (Å²) in [5.41, 5.74) is 0.746. The molecule has 5 heterocycles. The van der Waals surface area contributed by atoms with Crippen LogP contribution in [0.15, 0.2) is 18.6 Å². The van der Waals surface area contributed by atoms with Crippen molar-refractivity contribution in [2.24, 2.45) is 13.0 Å². The van der Waals surface area contributed by atoms with Gasteiger partial charge in [0.25, 0.3) is 0 Å². The lowest BCUT2D eigenvalue weighted by Gasteiger charge is -2.19. The maximum Gasteiger partial charge on any atom is 0.229 e. The molecule has 0 spiro atoms. The van der Waals surface area contributed by atoms with Gasteiger partial charge in [-0.1, -0.05) is 11.6 Å². The van der Waals surface area contributed by atoms with Crippen molar-refractivity contribution in [3.8, 4) is 0 Å². The molecule has 180 valence electrons. The van der Waals surface area contributed by atoms with Crippen molar-refractivity contribution in [1.29, 1.82) is 0 Å². The number of sulfonamides is 1. The van der Waals surface area contributed by atoms with Crippen molar-refractivity contribution < 1.29 is 22.6 Å². The highest BCUT2D eigenvalue weighted by Crippen LogP contribution is 2.34. The molecule has 33 heavy (non-hydrogen) atoms. The summed E-state index contributed by atoms with van der Waals surface area (Å²) in [6.07, 6.45) is 5.03. The molecular weight excluding hydrogens is 474 g/mol. The lowest BCUT2D eigenvalue weighted by Crippen LogP contribution is -2.41. The Morgan fingerprint density at radius 2 is 2.06 bits per heavy atom. The molecule has 12 nitrogen and oxygen atoms in total. The largest absolute Gasteiger partial charge is 0.380 e. The van der Waals surface area contributed by atoms with Crippen LogP contribution in [0.5, 0.6) is 0 Å². The van der Waals surface area contributed by atoms with Gasteiger partial charge in [-0.15, -0.1) is 0 Å². The van der Waals surface area contributed by atoms with E-state index >= 15 is 0 Å². The van der Waals surface area contributed by atoms with Gasteiger partial charge in [0.2, 0.25) is 16.0 Å². The third kappa shape index (κ3) is 5.23. The minimum Gasteiger partial charge on any atom is -0.380 e. The smallest absolute Gasteiger partial charge is 0.229 e. The van der Waals surface area contributed by atoms with Crippen LogP contribution in [0, 0.1) is 5.92 Å². The maximum atomic E-state index is 12.6. The summed E-state index contributed by atoms with van der Waals surface area (Å²) in [5, 5.41) is 10.8. The summed E-state index contributed by atoms with van der Waals surface area (Å²) in [6, 6.07) is -0.390. The Morgan fingerprint density at radius 1 is 1.21 bits per heavy atom. The quantitative estimate of drug-likeness (QED) is 0.470. The molecule has 5 rings (SSSR count). The monoisotopic (exact) mass is 499 g/mol. The molecule has 3 N–H and O–H groups in total. The fourth-order valence-corrected chi connectivity index (χ4v) is 6.16. The zero-order chi connectivity index (χ0) is 23.0. The number of hydrogen-bond acceptors (Lipinski definition) is 10. The molecule has 5 atom stereocenters. The number of rotatable bonds is 8. The number of aryl methyl sites for hydroxylation is 1. The molecule has 3 aliphatic heterocycles. The first-order valence-electron chi connectivity index (χ1n) is 10.7. The summed E-state index contributed by atoms with van der Waals surface area (Å²) < 4.78 is 46.7. The summed E-state index contributed by atoms with van der Waals surface area (Å²) in [4.78, 5) is 8.66. The van der Waals surface area contributed by atoms with Gasteiger partial charge in [0.15, 0.2) is 5.82 Å². The summed E-state index contributed by atoms with van der Waals surface area (Å²) in [6.45, 7) is 1.64. The summed E-state index contributed by atoms with van der Waals surface area (Å²) in [5.74, 6) is 0.494. The predicted molar refractivity (Wildman–Crippen MR) is 120 cm³/mol. The van der Waals surface area contributed by atoms with Gasteiger partial charge in [0.1, 0.15) is 11.1 Å². The number of hydrogen-bond donors (Lipinski definition) is 3. The first-order valence-corrected chi connectivity index (χ1v) is 12.7. The van der Waals surface area contributed by atoms with Crippen LogP contribution in [0.3, 0.4) is 0 Å². The fourth-order valence-electron chi connectivity index (χ4n) is 4.38. The lowest BCUT2D eigenvalue weighted by molar-refractivity contribution is 0.0656. The average molecular weight is 500 g/mol. The van der Waals surface area contributed by atoms with Gasteiger partial charge in [-0.05, 0) is 6.42 Å². The molecule has 0 radical (unpaired) electrons. The molecule has 0 amide bonds. The van der Waals surface area contributed by atoms with Crippen molar-refractivity contribution in [3.63, 3.8) is 0 Å². The van der Waals surface area contributed by atoms with Crippen LogP contribution < -0.4 is 15.4 Å². The second kappa shape index (κ2) is 9.31. The van der Waals surface area contributed by atoms with E-state index in [4.69, 9.17) is 25.8 Å². The van der Waals surface area contributed by atoms with Gasteiger partial charge in [-0.2, -0.15) is 10.1 Å². The number of nitrogens with zero attached hydrogens (tertiary/aromatic N) is 4. The highest BCUT2D eigenvalue weighted by molar-refractivity contribution is 7.89. The van der Waals surface area contributed by atoms with E-state index in [1.54, 1.807) is 17.1 Å². The Hall–Kier alpha value is -2.03. The van der Waals surface area contributed by atoms with Crippen LogP contribution in [0.4, 0.5) is 17.5 Å². The number of ether oxygens (including phenoxy) is 3. The van der Waals surface area contributed by atoms with Gasteiger partial charge in [-0.3, -0.25) is 4.68 Å². The maximum absolute atomic E-state index is 12.6. The van der Waals surface area contributed by atoms with Crippen LogP contribution >= 0.6 is 11.6 Å². The van der Waals surface area contributed by atoms with Gasteiger partial charge < -0.3 is 24.8 Å². The van der Waals surface area contributed by atoms with Gasteiger partial charge in [-0.25, -0.2) is 18.1 Å². The van der Waals surface area contributed by atoms with Gasteiger partial charge >= 0.3 is 0 Å². The minimum atomic E-state index is -3.47. The molecule has 3 saturated heterocycles. The zero-order valence-corrected chi connectivity index (χ0v) is 19.6. The Kier molecular flexibility index (Phi) is 6.42. The average Bonchev–Trinajstić information content (AvgIpc) is 3.54. The zero-order valence-electron chi connectivity index (χ0n) is 18.0. The van der Waals surface area contributed by atoms with E-state index in [9.17, 15) is 8.42 Å². The van der Waals surface area contributed by atoms with Crippen LogP contribution in [0.25, 0.3) is 0 Å². The van der Waals surface area contributed by atoms with Gasteiger partial charge in [0.05, 0.1) is 55.8 Å². The molecule has 2 aromatic rings. The Balaban J connectivity index is 1.21. The second-order valence-corrected chi connectivity index (χ2v) is 10.7. The molecule has 0 saturated carbocycles. The molecule has 3 aliphatic rings. The topological polar surface area (TPSA) is 142 Å². The minimum absolute atomic E-state index is 0.0508. The van der Waals surface area contributed by atoms with Crippen LogP contribution in [0.1, 0.15) is 6.42 Å². The van der Waals surface area contributed by atoms with Crippen molar-refractivity contribution in [1.82, 2.24) is 24.5 Å². The first kappa shape index (κ1) is 22.7. The SMILES string of the molecule is Cn1cc(Nc2ncc(Cl)c(N[C@@H]3COC4C3OC[C@@H]4CS(=O)(=O)NC3CCOC3)n2)cn1. The Bertz CT molecular complexity index is 1090.